The average molecular weight is 580 g/mol. The van der Waals surface area contributed by atoms with E-state index in [-0.39, 0.29) is 17.3 Å². The van der Waals surface area contributed by atoms with E-state index in [1.807, 2.05) is 59.7 Å². The molecule has 2 amide bonds. The predicted molar refractivity (Wildman–Crippen MR) is 162 cm³/mol. The van der Waals surface area contributed by atoms with Gasteiger partial charge >= 0.3 is 0 Å². The van der Waals surface area contributed by atoms with E-state index in [1.165, 1.54) is 17.0 Å². The summed E-state index contributed by atoms with van der Waals surface area (Å²) < 4.78 is 34.4. The summed E-state index contributed by atoms with van der Waals surface area (Å²) in [6.45, 7) is 10.9. The van der Waals surface area contributed by atoms with Gasteiger partial charge in [-0.05, 0) is 94.1 Å². The van der Waals surface area contributed by atoms with E-state index in [9.17, 15) is 18.0 Å². The van der Waals surface area contributed by atoms with Crippen molar-refractivity contribution in [3.8, 4) is 5.75 Å². The lowest BCUT2D eigenvalue weighted by Crippen LogP contribution is -2.55. The fraction of sp³-hybridized carbons (Fsp3) is 0.375. The van der Waals surface area contributed by atoms with Crippen molar-refractivity contribution in [1.29, 1.82) is 0 Å². The Bertz CT molecular complexity index is 1470. The summed E-state index contributed by atoms with van der Waals surface area (Å²) in [6, 6.07) is 19.8. The number of hydrogen-bond acceptors (Lipinski definition) is 5. The van der Waals surface area contributed by atoms with Crippen LogP contribution in [0.3, 0.4) is 0 Å². The van der Waals surface area contributed by atoms with Crippen LogP contribution in [0.1, 0.15) is 50.8 Å². The second kappa shape index (κ2) is 13.2. The number of amides is 2. The Balaban J connectivity index is 2.09. The number of carbonyl (C=O) groups is 2. The summed E-state index contributed by atoms with van der Waals surface area (Å²) in [5.74, 6) is -0.188. The molecule has 0 bridgehead atoms. The molecular weight excluding hydrogens is 538 g/mol. The molecule has 0 radical (unpaired) electrons. The summed E-state index contributed by atoms with van der Waals surface area (Å²) in [6.07, 6.45) is 0.340. The van der Waals surface area contributed by atoms with Gasteiger partial charge in [0.2, 0.25) is 11.8 Å². The van der Waals surface area contributed by atoms with Gasteiger partial charge in [0.1, 0.15) is 18.3 Å². The minimum Gasteiger partial charge on any atom is -0.497 e. The number of methoxy groups -OCH3 is 1. The zero-order valence-electron chi connectivity index (χ0n) is 25.0. The summed E-state index contributed by atoms with van der Waals surface area (Å²) in [5, 5.41) is 2.98. The van der Waals surface area contributed by atoms with Gasteiger partial charge in [-0.25, -0.2) is 8.42 Å². The minimum atomic E-state index is -4.11. The number of carbonyl (C=O) groups excluding carboxylic acids is 2. The van der Waals surface area contributed by atoms with Crippen molar-refractivity contribution in [3.63, 3.8) is 0 Å². The molecule has 1 atom stereocenters. The van der Waals surface area contributed by atoms with E-state index in [0.29, 0.717) is 17.9 Å². The first-order valence-corrected chi connectivity index (χ1v) is 15.1. The van der Waals surface area contributed by atoms with Gasteiger partial charge in [0.15, 0.2) is 0 Å². The fourth-order valence-corrected chi connectivity index (χ4v) is 5.90. The SMILES string of the molecule is CC[C@@H](C(=O)NC(C)(C)C)N(Cc1cccc(OC)c1)C(=O)CN(c1ccc(C)c(C)c1)S(=O)(=O)c1ccccc1. The van der Waals surface area contributed by atoms with Gasteiger partial charge in [-0.1, -0.05) is 43.3 Å². The second-order valence-corrected chi connectivity index (χ2v) is 13.0. The molecular formula is C32H41N3O5S. The van der Waals surface area contributed by atoms with Crippen molar-refractivity contribution >= 4 is 27.5 Å². The van der Waals surface area contributed by atoms with Gasteiger partial charge in [0.05, 0.1) is 17.7 Å². The molecule has 41 heavy (non-hydrogen) atoms. The first kappa shape index (κ1) is 31.7. The largest absolute Gasteiger partial charge is 0.497 e. The molecule has 9 heteroatoms. The maximum absolute atomic E-state index is 14.2. The Morgan fingerprint density at radius 2 is 1.61 bits per heavy atom. The van der Waals surface area contributed by atoms with Gasteiger partial charge in [-0.2, -0.15) is 0 Å². The van der Waals surface area contributed by atoms with Crippen molar-refractivity contribution in [2.45, 2.75) is 71.0 Å². The van der Waals surface area contributed by atoms with Gasteiger partial charge in [-0.3, -0.25) is 13.9 Å². The number of anilines is 1. The van der Waals surface area contributed by atoms with Crippen molar-refractivity contribution in [3.05, 3.63) is 89.5 Å². The number of nitrogens with one attached hydrogen (secondary N) is 1. The molecule has 3 rings (SSSR count). The van der Waals surface area contributed by atoms with Gasteiger partial charge < -0.3 is 15.0 Å². The van der Waals surface area contributed by atoms with Crippen LogP contribution in [0.25, 0.3) is 0 Å². The molecule has 220 valence electrons. The molecule has 0 aliphatic carbocycles. The second-order valence-electron chi connectivity index (χ2n) is 11.1. The zero-order chi connectivity index (χ0) is 30.4. The van der Waals surface area contributed by atoms with Crippen molar-refractivity contribution < 1.29 is 22.7 Å². The number of aryl methyl sites for hydroxylation is 2. The predicted octanol–water partition coefficient (Wildman–Crippen LogP) is 5.23. The molecule has 0 spiro atoms. The Hall–Kier alpha value is -3.85. The quantitative estimate of drug-likeness (QED) is 0.336. The van der Waals surface area contributed by atoms with E-state index < -0.39 is 34.1 Å². The van der Waals surface area contributed by atoms with E-state index in [0.717, 1.165) is 21.0 Å². The van der Waals surface area contributed by atoms with Gasteiger partial charge in [0, 0.05) is 12.1 Å². The maximum Gasteiger partial charge on any atom is 0.264 e. The number of nitrogens with zero attached hydrogens (tertiary/aromatic N) is 2. The summed E-state index contributed by atoms with van der Waals surface area (Å²) in [4.78, 5) is 29.2. The Morgan fingerprint density at radius 3 is 2.20 bits per heavy atom. The molecule has 0 fully saturated rings. The third-order valence-corrected chi connectivity index (χ3v) is 8.55. The highest BCUT2D eigenvalue weighted by Crippen LogP contribution is 2.27. The topological polar surface area (TPSA) is 96.0 Å². The molecule has 3 aromatic carbocycles. The van der Waals surface area contributed by atoms with E-state index in [2.05, 4.69) is 5.32 Å². The smallest absolute Gasteiger partial charge is 0.264 e. The minimum absolute atomic E-state index is 0.0721. The van der Waals surface area contributed by atoms with Crippen molar-refractivity contribution in [2.75, 3.05) is 18.0 Å². The number of rotatable bonds is 11. The highest BCUT2D eigenvalue weighted by molar-refractivity contribution is 7.92. The van der Waals surface area contributed by atoms with Crippen LogP contribution in [0.5, 0.6) is 5.75 Å². The van der Waals surface area contributed by atoms with Crippen LogP contribution in [0.4, 0.5) is 5.69 Å². The van der Waals surface area contributed by atoms with E-state index >= 15 is 0 Å². The number of sulfonamides is 1. The summed E-state index contributed by atoms with van der Waals surface area (Å²) >= 11 is 0. The van der Waals surface area contributed by atoms with Gasteiger partial charge in [-0.15, -0.1) is 0 Å². The maximum atomic E-state index is 14.2. The van der Waals surface area contributed by atoms with Crippen LogP contribution in [0.15, 0.2) is 77.7 Å². The van der Waals surface area contributed by atoms with E-state index in [1.54, 1.807) is 49.6 Å². The first-order valence-electron chi connectivity index (χ1n) is 13.7. The first-order chi connectivity index (χ1) is 19.3. The van der Waals surface area contributed by atoms with Crippen LogP contribution in [-0.4, -0.2) is 50.4 Å². The third kappa shape index (κ3) is 8.10. The highest BCUT2D eigenvalue weighted by Gasteiger charge is 2.34. The molecule has 0 saturated carbocycles. The molecule has 0 aromatic heterocycles. The van der Waals surface area contributed by atoms with Crippen molar-refractivity contribution in [2.24, 2.45) is 0 Å². The standard InChI is InChI=1S/C32H41N3O5S/c1-8-29(31(37)33-32(4,5)6)34(21-25-13-12-14-27(20-25)40-7)30(36)22-35(26-18-17-23(2)24(3)19-26)41(38,39)28-15-10-9-11-16-28/h9-20,29H,8,21-22H2,1-7H3,(H,33,37)/t29-/m0/s1. The normalized spacial score (nSPS) is 12.4. The lowest BCUT2D eigenvalue weighted by molar-refractivity contribution is -0.141. The molecule has 0 unspecified atom stereocenters. The molecule has 1 N–H and O–H groups in total. The summed E-state index contributed by atoms with van der Waals surface area (Å²) in [7, 11) is -2.55. The Labute approximate surface area is 244 Å². The molecule has 3 aromatic rings. The fourth-order valence-electron chi connectivity index (χ4n) is 4.47. The van der Waals surface area contributed by atoms with E-state index in [4.69, 9.17) is 4.74 Å². The van der Waals surface area contributed by atoms with Crippen LogP contribution in [0.2, 0.25) is 0 Å². The molecule has 0 aliphatic heterocycles. The molecule has 8 nitrogen and oxygen atoms in total. The van der Waals surface area contributed by atoms with Crippen molar-refractivity contribution in [1.82, 2.24) is 10.2 Å². The zero-order valence-corrected chi connectivity index (χ0v) is 25.8. The lowest BCUT2D eigenvalue weighted by atomic mass is 10.1. The Kier molecular flexibility index (Phi) is 10.2. The third-order valence-electron chi connectivity index (χ3n) is 6.76. The number of ether oxygens (including phenoxy) is 1. The highest BCUT2D eigenvalue weighted by atomic mass is 32.2. The van der Waals surface area contributed by atoms with Crippen LogP contribution in [0, 0.1) is 13.8 Å². The van der Waals surface area contributed by atoms with Crippen LogP contribution < -0.4 is 14.4 Å². The monoisotopic (exact) mass is 579 g/mol. The average Bonchev–Trinajstić information content (AvgIpc) is 2.92. The van der Waals surface area contributed by atoms with Crippen LogP contribution >= 0.6 is 0 Å². The molecule has 0 saturated heterocycles. The lowest BCUT2D eigenvalue weighted by Gasteiger charge is -2.35. The molecule has 0 heterocycles. The van der Waals surface area contributed by atoms with Gasteiger partial charge in [0.25, 0.3) is 10.0 Å². The number of benzene rings is 3. The molecule has 0 aliphatic rings. The van der Waals surface area contributed by atoms with Crippen LogP contribution in [-0.2, 0) is 26.2 Å². The summed E-state index contributed by atoms with van der Waals surface area (Å²) in [5.41, 5.74) is 2.51. The number of hydrogen-bond donors (Lipinski definition) is 1. The Morgan fingerprint density at radius 1 is 0.927 bits per heavy atom.